The fraction of sp³-hybridized carbons (Fsp3) is 0.600. The third kappa shape index (κ3) is 2.13. The lowest BCUT2D eigenvalue weighted by Crippen LogP contribution is -2.47. The van der Waals surface area contributed by atoms with Gasteiger partial charge in [-0.3, -0.25) is 0 Å². The number of hydrogen-bond acceptors (Lipinski definition) is 1. The number of likely N-dealkylation sites (N-methyl/N-ethyl adjacent to an activating group) is 1. The largest absolute Gasteiger partial charge is 0.464 e. The molecule has 0 unspecified atom stereocenters. The molecular weight excluding hydrogens is 188 g/mol. The van der Waals surface area contributed by atoms with Crippen molar-refractivity contribution in [2.24, 2.45) is 0 Å². The lowest BCUT2D eigenvalue weighted by atomic mass is 10.4. The molecule has 0 aliphatic carbocycles. The first-order valence-corrected chi connectivity index (χ1v) is 2.63. The summed E-state index contributed by atoms with van der Waals surface area (Å²) in [5.41, 5.74) is 0. The van der Waals surface area contributed by atoms with E-state index >= 15 is 0 Å². The van der Waals surface area contributed by atoms with Crippen LogP contribution in [0.25, 0.3) is 0 Å². The van der Waals surface area contributed by atoms with Gasteiger partial charge in [-0.25, -0.2) is 4.39 Å². The Kier molecular flexibility index (Phi) is 2.79. The lowest BCUT2D eigenvalue weighted by Gasteiger charge is -2.27. The molecule has 0 spiro atoms. The summed E-state index contributed by atoms with van der Waals surface area (Å²) < 4.78 is 70.7. The minimum absolute atomic E-state index is 0.0325. The average molecular weight is 193 g/mol. The smallest absolute Gasteiger partial charge is 0.204 e. The van der Waals surface area contributed by atoms with Gasteiger partial charge in [-0.15, -0.1) is 0 Å². The predicted octanol–water partition coefficient (Wildman–Crippen LogP) is 2.51. The van der Waals surface area contributed by atoms with Crippen molar-refractivity contribution in [2.75, 3.05) is 7.05 Å². The van der Waals surface area contributed by atoms with E-state index in [0.29, 0.717) is 0 Å². The second kappa shape index (κ2) is 2.96. The van der Waals surface area contributed by atoms with Crippen molar-refractivity contribution in [3.05, 3.63) is 12.4 Å². The summed E-state index contributed by atoms with van der Waals surface area (Å²) in [5, 5.41) is 0. The molecule has 0 aliphatic heterocycles. The van der Waals surface area contributed by atoms with Crippen LogP contribution in [0.4, 0.5) is 26.3 Å². The molecule has 0 saturated heterocycles. The summed E-state index contributed by atoms with van der Waals surface area (Å²) in [6.45, 7) is 2.10. The lowest BCUT2D eigenvalue weighted by molar-refractivity contribution is -0.314. The van der Waals surface area contributed by atoms with Crippen molar-refractivity contribution in [3.63, 3.8) is 0 Å². The molecule has 0 N–H and O–H groups in total. The molecule has 0 aromatic rings. The van der Waals surface area contributed by atoms with Gasteiger partial charge in [-0.05, 0) is 0 Å². The zero-order valence-electron chi connectivity index (χ0n) is 5.92. The molecule has 7 heteroatoms. The van der Waals surface area contributed by atoms with Crippen molar-refractivity contribution in [3.8, 4) is 0 Å². The molecule has 0 amide bonds. The van der Waals surface area contributed by atoms with Crippen LogP contribution in [0.15, 0.2) is 12.4 Å². The summed E-state index contributed by atoms with van der Waals surface area (Å²) in [4.78, 5) is -1.36. The highest BCUT2D eigenvalue weighted by Gasteiger charge is 2.52. The van der Waals surface area contributed by atoms with Crippen LogP contribution in [-0.2, 0) is 0 Å². The van der Waals surface area contributed by atoms with Gasteiger partial charge in [0.25, 0.3) is 0 Å². The average Bonchev–Trinajstić information content (AvgIpc) is 1.83. The summed E-state index contributed by atoms with van der Waals surface area (Å²) in [6, 6.07) is -4.71. The van der Waals surface area contributed by atoms with Gasteiger partial charge in [-0.2, -0.15) is 26.9 Å². The first kappa shape index (κ1) is 11.3. The van der Waals surface area contributed by atoms with Gasteiger partial charge in [0.1, 0.15) is 0 Å². The third-order valence-corrected chi connectivity index (χ3v) is 1.13. The van der Waals surface area contributed by atoms with Crippen LogP contribution in [0.1, 0.15) is 0 Å². The van der Waals surface area contributed by atoms with Gasteiger partial charge in [0, 0.05) is 7.05 Å². The van der Waals surface area contributed by atoms with Gasteiger partial charge < -0.3 is 0 Å². The quantitative estimate of drug-likeness (QED) is 0.481. The molecule has 0 rings (SSSR count). The van der Waals surface area contributed by atoms with Crippen LogP contribution in [0.5, 0.6) is 0 Å². The second-order valence-electron chi connectivity index (χ2n) is 1.97. The van der Waals surface area contributed by atoms with Gasteiger partial charge in [0.05, 0.1) is 0 Å². The number of nitrogens with zero attached hydrogens (tertiary/aromatic N) is 1. The molecule has 0 saturated carbocycles. The molecule has 0 aromatic carbocycles. The Morgan fingerprint density at radius 1 is 1.17 bits per heavy atom. The second-order valence-corrected chi connectivity index (χ2v) is 1.97. The fourth-order valence-electron chi connectivity index (χ4n) is 0.341. The van der Waals surface area contributed by atoms with E-state index in [1.807, 2.05) is 0 Å². The Balaban J connectivity index is 4.69. The van der Waals surface area contributed by atoms with Crippen molar-refractivity contribution in [2.45, 2.75) is 12.3 Å². The van der Waals surface area contributed by atoms with Gasteiger partial charge in [-0.1, -0.05) is 6.58 Å². The van der Waals surface area contributed by atoms with Crippen molar-refractivity contribution < 1.29 is 26.3 Å². The Hall–Kier alpha value is -0.720. The minimum Gasteiger partial charge on any atom is -0.204 e. The van der Waals surface area contributed by atoms with E-state index in [1.54, 1.807) is 0 Å². The molecule has 0 fully saturated rings. The summed E-state index contributed by atoms with van der Waals surface area (Å²) in [7, 11) is 0.0325. The van der Waals surface area contributed by atoms with E-state index in [0.717, 1.165) is 0 Å². The topological polar surface area (TPSA) is 3.24 Å². The van der Waals surface area contributed by atoms with Gasteiger partial charge in [0.15, 0.2) is 5.83 Å². The van der Waals surface area contributed by atoms with E-state index in [1.165, 1.54) is 0 Å². The first-order valence-electron chi connectivity index (χ1n) is 2.63. The van der Waals surface area contributed by atoms with Crippen LogP contribution in [0.2, 0.25) is 0 Å². The molecule has 0 heterocycles. The molecule has 0 bridgehead atoms. The van der Waals surface area contributed by atoms with Crippen molar-refractivity contribution >= 4 is 0 Å². The Labute approximate surface area is 64.3 Å². The molecule has 0 aliphatic rings. The maximum Gasteiger partial charge on any atom is 0.464 e. The summed E-state index contributed by atoms with van der Waals surface area (Å²) in [6.07, 6.45) is -5.29. The minimum atomic E-state index is -5.29. The predicted molar refractivity (Wildman–Crippen MR) is 29.0 cm³/mol. The van der Waals surface area contributed by atoms with Crippen LogP contribution in [-0.4, -0.2) is 24.3 Å². The maximum atomic E-state index is 12.2. The zero-order chi connectivity index (χ0) is 10.2. The van der Waals surface area contributed by atoms with E-state index in [2.05, 4.69) is 6.58 Å². The summed E-state index contributed by atoms with van der Waals surface area (Å²) in [5.74, 6) is -2.35. The standard InChI is InChI=1S/C5H5F6N/c1-3(6)4(7,8)12(2)5(9,10)11/h1H2,2H3. The SMILES string of the molecule is C=C(F)C(F)(F)N(C)C(F)(F)F. The van der Waals surface area contributed by atoms with E-state index in [-0.39, 0.29) is 7.05 Å². The van der Waals surface area contributed by atoms with Crippen LogP contribution < -0.4 is 0 Å². The molecule has 0 aromatic heterocycles. The Morgan fingerprint density at radius 2 is 1.50 bits per heavy atom. The van der Waals surface area contributed by atoms with Gasteiger partial charge in [0.2, 0.25) is 0 Å². The van der Waals surface area contributed by atoms with E-state index in [4.69, 9.17) is 0 Å². The van der Waals surface area contributed by atoms with E-state index < -0.39 is 23.1 Å². The third-order valence-electron chi connectivity index (χ3n) is 1.13. The zero-order valence-corrected chi connectivity index (χ0v) is 5.92. The molecule has 12 heavy (non-hydrogen) atoms. The number of alkyl halides is 5. The van der Waals surface area contributed by atoms with Crippen molar-refractivity contribution in [1.82, 2.24) is 4.90 Å². The normalized spacial score (nSPS) is 13.7. The number of rotatable bonds is 2. The van der Waals surface area contributed by atoms with Crippen molar-refractivity contribution in [1.29, 1.82) is 0 Å². The first-order chi connectivity index (χ1) is 5.10. The molecule has 1 nitrogen and oxygen atoms in total. The van der Waals surface area contributed by atoms with Crippen LogP contribution in [0.3, 0.4) is 0 Å². The molecular formula is C5H5F6N. The molecule has 0 radical (unpaired) electrons. The van der Waals surface area contributed by atoms with Crippen LogP contribution >= 0.6 is 0 Å². The highest BCUT2D eigenvalue weighted by molar-refractivity contribution is 4.96. The highest BCUT2D eigenvalue weighted by Crippen LogP contribution is 2.35. The Bertz CT molecular complexity index is 183. The van der Waals surface area contributed by atoms with Gasteiger partial charge >= 0.3 is 12.3 Å². The number of halogens is 6. The highest BCUT2D eigenvalue weighted by atomic mass is 19.4. The number of hydrogen-bond donors (Lipinski definition) is 0. The maximum absolute atomic E-state index is 12.2. The molecule has 72 valence electrons. The molecule has 0 atom stereocenters. The van der Waals surface area contributed by atoms with E-state index in [9.17, 15) is 26.3 Å². The van der Waals surface area contributed by atoms with Crippen LogP contribution in [0, 0.1) is 0 Å². The Morgan fingerprint density at radius 3 is 1.58 bits per heavy atom. The fourth-order valence-corrected chi connectivity index (χ4v) is 0.341. The summed E-state index contributed by atoms with van der Waals surface area (Å²) >= 11 is 0. The monoisotopic (exact) mass is 193 g/mol.